The summed E-state index contributed by atoms with van der Waals surface area (Å²) >= 11 is 8.53. The first kappa shape index (κ1) is 11.1. The average molecular weight is 278 g/mol. The van der Waals surface area contributed by atoms with Crippen molar-refractivity contribution in [1.29, 1.82) is 0 Å². The Bertz CT molecular complexity index is 394. The molecular weight excluding hydrogens is 273 g/mol. The Hall–Kier alpha value is -0.940. The van der Waals surface area contributed by atoms with Crippen molar-refractivity contribution in [2.45, 2.75) is 0 Å². The zero-order valence-electron chi connectivity index (χ0n) is 6.87. The quantitative estimate of drug-likeness (QED) is 0.370. The first-order chi connectivity index (χ1) is 6.56. The lowest BCUT2D eigenvalue weighted by Gasteiger charge is -1.99. The molecule has 0 bridgehead atoms. The first-order valence-corrected chi connectivity index (χ1v) is 5.09. The Morgan fingerprint density at radius 2 is 2.21 bits per heavy atom. The summed E-state index contributed by atoms with van der Waals surface area (Å²) in [4.78, 5) is 21.2. The van der Waals surface area contributed by atoms with Crippen molar-refractivity contribution in [3.63, 3.8) is 0 Å². The number of alkyl halides is 1. The molecule has 0 heterocycles. The number of hydrogen-bond donors (Lipinski definition) is 0. The van der Waals surface area contributed by atoms with E-state index in [0.29, 0.717) is 0 Å². The van der Waals surface area contributed by atoms with Crippen LogP contribution in [0, 0.1) is 10.1 Å². The van der Waals surface area contributed by atoms with Crippen molar-refractivity contribution in [3.05, 3.63) is 38.9 Å². The molecule has 0 unspecified atom stereocenters. The third-order valence-electron chi connectivity index (χ3n) is 1.58. The third-order valence-corrected chi connectivity index (χ3v) is 2.32. The molecule has 74 valence electrons. The molecule has 0 aliphatic heterocycles. The Balaban J connectivity index is 3.28. The van der Waals surface area contributed by atoms with Crippen LogP contribution >= 0.6 is 27.5 Å². The van der Waals surface area contributed by atoms with Crippen LogP contribution in [-0.2, 0) is 0 Å². The molecule has 0 aromatic heterocycles. The third kappa shape index (κ3) is 2.30. The van der Waals surface area contributed by atoms with Gasteiger partial charge in [0.1, 0.15) is 0 Å². The van der Waals surface area contributed by atoms with E-state index < -0.39 is 4.92 Å². The predicted molar refractivity (Wildman–Crippen MR) is 56.2 cm³/mol. The lowest BCUT2D eigenvalue weighted by molar-refractivity contribution is -0.385. The number of benzene rings is 1. The molecule has 14 heavy (non-hydrogen) atoms. The van der Waals surface area contributed by atoms with E-state index in [-0.39, 0.29) is 27.4 Å². The fraction of sp³-hybridized carbons (Fsp3) is 0.125. The monoisotopic (exact) mass is 277 g/mol. The van der Waals surface area contributed by atoms with Crippen molar-refractivity contribution in [3.8, 4) is 0 Å². The molecule has 0 spiro atoms. The summed E-state index contributed by atoms with van der Waals surface area (Å²) < 4.78 is 0. The van der Waals surface area contributed by atoms with Gasteiger partial charge >= 0.3 is 0 Å². The second kappa shape index (κ2) is 4.52. The summed E-state index contributed by atoms with van der Waals surface area (Å²) in [6.45, 7) is 0. The second-order valence-corrected chi connectivity index (χ2v) is 3.47. The van der Waals surface area contributed by atoms with Gasteiger partial charge in [0.2, 0.25) is 0 Å². The van der Waals surface area contributed by atoms with Gasteiger partial charge in [-0.2, -0.15) is 0 Å². The molecule has 1 aromatic rings. The van der Waals surface area contributed by atoms with Crippen LogP contribution in [0.5, 0.6) is 0 Å². The SMILES string of the molecule is O=C(CBr)c1ccc(Cl)cc1[N+](=O)[O-]. The maximum absolute atomic E-state index is 11.3. The highest BCUT2D eigenvalue weighted by Gasteiger charge is 2.19. The van der Waals surface area contributed by atoms with Crippen LogP contribution in [0.4, 0.5) is 5.69 Å². The van der Waals surface area contributed by atoms with Gasteiger partial charge in [0, 0.05) is 11.1 Å². The molecule has 0 N–H and O–H groups in total. The molecule has 0 saturated carbocycles. The summed E-state index contributed by atoms with van der Waals surface area (Å²) in [7, 11) is 0. The first-order valence-electron chi connectivity index (χ1n) is 3.59. The van der Waals surface area contributed by atoms with Gasteiger partial charge in [0.05, 0.1) is 15.8 Å². The minimum Gasteiger partial charge on any atom is -0.293 e. The van der Waals surface area contributed by atoms with Gasteiger partial charge < -0.3 is 0 Å². The number of nitro groups is 1. The molecule has 0 aliphatic rings. The van der Waals surface area contributed by atoms with E-state index in [1.54, 1.807) is 0 Å². The van der Waals surface area contributed by atoms with E-state index in [4.69, 9.17) is 11.6 Å². The number of nitro benzene ring substituents is 1. The summed E-state index contributed by atoms with van der Waals surface area (Å²) in [5, 5.41) is 10.9. The molecule has 0 fully saturated rings. The Morgan fingerprint density at radius 3 is 2.71 bits per heavy atom. The van der Waals surface area contributed by atoms with E-state index in [1.165, 1.54) is 12.1 Å². The number of carbonyl (C=O) groups is 1. The van der Waals surface area contributed by atoms with Gasteiger partial charge in [-0.05, 0) is 12.1 Å². The Labute approximate surface area is 93.1 Å². The van der Waals surface area contributed by atoms with Crippen molar-refractivity contribution in [2.75, 3.05) is 5.33 Å². The predicted octanol–water partition coefficient (Wildman–Crippen LogP) is 2.83. The number of ketones is 1. The van der Waals surface area contributed by atoms with E-state index in [2.05, 4.69) is 15.9 Å². The van der Waals surface area contributed by atoms with Crippen LogP contribution in [0.3, 0.4) is 0 Å². The fourth-order valence-electron chi connectivity index (χ4n) is 0.964. The largest absolute Gasteiger partial charge is 0.293 e. The van der Waals surface area contributed by atoms with E-state index in [9.17, 15) is 14.9 Å². The minimum atomic E-state index is -0.623. The maximum Gasteiger partial charge on any atom is 0.281 e. The number of hydrogen-bond acceptors (Lipinski definition) is 3. The van der Waals surface area contributed by atoms with Gasteiger partial charge in [0.15, 0.2) is 5.78 Å². The molecule has 4 nitrogen and oxygen atoms in total. The van der Waals surface area contributed by atoms with Crippen molar-refractivity contribution < 1.29 is 9.72 Å². The fourth-order valence-corrected chi connectivity index (χ4v) is 1.43. The van der Waals surface area contributed by atoms with Crippen LogP contribution < -0.4 is 0 Å². The minimum absolute atomic E-state index is 0.0511. The van der Waals surface area contributed by atoms with E-state index in [0.717, 1.165) is 6.07 Å². The molecule has 6 heteroatoms. The summed E-state index contributed by atoms with van der Waals surface area (Å²) in [5.74, 6) is -0.339. The molecular formula is C8H5BrClNO3. The molecule has 0 radical (unpaired) electrons. The molecule has 0 saturated heterocycles. The van der Waals surface area contributed by atoms with Crippen molar-refractivity contribution in [2.24, 2.45) is 0 Å². The van der Waals surface area contributed by atoms with Gasteiger partial charge in [-0.3, -0.25) is 14.9 Å². The zero-order chi connectivity index (χ0) is 10.7. The number of carbonyl (C=O) groups excluding carboxylic acids is 1. The summed E-state index contributed by atoms with van der Waals surface area (Å²) in [5.41, 5.74) is -0.196. The topological polar surface area (TPSA) is 60.2 Å². The normalized spacial score (nSPS) is 9.86. The average Bonchev–Trinajstić information content (AvgIpc) is 2.16. The highest BCUT2D eigenvalue weighted by molar-refractivity contribution is 9.09. The van der Waals surface area contributed by atoms with Crippen LogP contribution in [0.1, 0.15) is 10.4 Å². The summed E-state index contributed by atoms with van der Waals surface area (Å²) in [6.07, 6.45) is 0. The Morgan fingerprint density at radius 1 is 1.57 bits per heavy atom. The number of Topliss-reactive ketones (excluding diaryl/α,β-unsaturated/α-hetero) is 1. The lowest BCUT2D eigenvalue weighted by Crippen LogP contribution is -2.04. The van der Waals surface area contributed by atoms with E-state index in [1.807, 2.05) is 0 Å². The van der Waals surface area contributed by atoms with Crippen LogP contribution in [0.2, 0.25) is 5.02 Å². The van der Waals surface area contributed by atoms with Crippen molar-refractivity contribution >= 4 is 39.0 Å². The maximum atomic E-state index is 11.3. The molecule has 1 rings (SSSR count). The smallest absolute Gasteiger partial charge is 0.281 e. The van der Waals surface area contributed by atoms with Gasteiger partial charge in [-0.25, -0.2) is 0 Å². The molecule has 0 aliphatic carbocycles. The van der Waals surface area contributed by atoms with Gasteiger partial charge in [-0.15, -0.1) is 0 Å². The molecule has 1 aromatic carbocycles. The number of nitrogens with zero attached hydrogens (tertiary/aromatic N) is 1. The molecule has 0 amide bonds. The van der Waals surface area contributed by atoms with Crippen LogP contribution in [-0.4, -0.2) is 16.0 Å². The van der Waals surface area contributed by atoms with E-state index >= 15 is 0 Å². The Kier molecular flexibility index (Phi) is 3.60. The lowest BCUT2D eigenvalue weighted by atomic mass is 10.1. The van der Waals surface area contributed by atoms with Crippen molar-refractivity contribution in [1.82, 2.24) is 0 Å². The number of rotatable bonds is 3. The van der Waals surface area contributed by atoms with Crippen LogP contribution in [0.15, 0.2) is 18.2 Å². The summed E-state index contributed by atoms with van der Waals surface area (Å²) in [6, 6.07) is 3.96. The highest BCUT2D eigenvalue weighted by atomic mass is 79.9. The number of halogens is 2. The highest BCUT2D eigenvalue weighted by Crippen LogP contribution is 2.23. The standard InChI is InChI=1S/C8H5BrClNO3/c9-4-8(12)6-2-1-5(10)3-7(6)11(13)14/h1-3H,4H2. The zero-order valence-corrected chi connectivity index (χ0v) is 9.21. The van der Waals surface area contributed by atoms with Gasteiger partial charge in [-0.1, -0.05) is 27.5 Å². The van der Waals surface area contributed by atoms with Gasteiger partial charge in [0.25, 0.3) is 5.69 Å². The molecule has 0 atom stereocenters. The van der Waals surface area contributed by atoms with Crippen LogP contribution in [0.25, 0.3) is 0 Å². The second-order valence-electron chi connectivity index (χ2n) is 2.48.